The second-order valence-electron chi connectivity index (χ2n) is 7.10. The number of hydrogen-bond acceptors (Lipinski definition) is 4. The molecule has 1 N–H and O–H groups in total. The van der Waals surface area contributed by atoms with Gasteiger partial charge in [-0.15, -0.1) is 0 Å². The van der Waals surface area contributed by atoms with Crippen LogP contribution in [-0.4, -0.2) is 49.8 Å². The molecule has 0 unspecified atom stereocenters. The van der Waals surface area contributed by atoms with Crippen LogP contribution in [0.15, 0.2) is 24.1 Å². The average Bonchev–Trinajstić information content (AvgIpc) is 2.44. The number of nitrogens with zero attached hydrogens (tertiary/aromatic N) is 1. The maximum atomic E-state index is 12.6. The van der Waals surface area contributed by atoms with Crippen LogP contribution in [0.2, 0.25) is 0 Å². The minimum Gasteiger partial charge on any atom is -0.500 e. The minimum atomic E-state index is -0.602. The molecule has 126 valence electrons. The Kier molecular flexibility index (Phi) is 6.20. The highest BCUT2D eigenvalue weighted by Crippen LogP contribution is 2.26. The summed E-state index contributed by atoms with van der Waals surface area (Å²) in [6, 6.07) is 0. The second kappa shape index (κ2) is 7.29. The first kappa shape index (κ1) is 18.7. The van der Waals surface area contributed by atoms with Gasteiger partial charge in [0.15, 0.2) is 0 Å². The van der Waals surface area contributed by atoms with Crippen LogP contribution in [-0.2, 0) is 14.3 Å². The first-order valence-corrected chi connectivity index (χ1v) is 7.68. The van der Waals surface area contributed by atoms with Gasteiger partial charge in [-0.2, -0.15) is 0 Å². The molecule has 1 fully saturated rings. The molecular weight excluding hydrogens is 280 g/mol. The lowest BCUT2D eigenvalue weighted by atomic mass is 9.93. The van der Waals surface area contributed by atoms with E-state index in [9.17, 15) is 4.79 Å². The van der Waals surface area contributed by atoms with Crippen molar-refractivity contribution in [3.63, 3.8) is 0 Å². The Morgan fingerprint density at radius 1 is 1.23 bits per heavy atom. The van der Waals surface area contributed by atoms with E-state index in [1.807, 2.05) is 13.8 Å². The maximum absolute atomic E-state index is 12.6. The van der Waals surface area contributed by atoms with Crippen LogP contribution >= 0.6 is 0 Å². The second-order valence-corrected chi connectivity index (χ2v) is 7.10. The summed E-state index contributed by atoms with van der Waals surface area (Å²) in [6.45, 7) is 16.8. The van der Waals surface area contributed by atoms with Gasteiger partial charge in [0, 0.05) is 24.2 Å². The molecule has 1 rings (SSSR count). The van der Waals surface area contributed by atoms with Crippen LogP contribution in [0.4, 0.5) is 0 Å². The number of carbonyl (C=O) groups is 1. The third-order valence-corrected chi connectivity index (χ3v) is 3.90. The van der Waals surface area contributed by atoms with Crippen LogP contribution in [0.3, 0.4) is 0 Å². The highest BCUT2D eigenvalue weighted by molar-refractivity contribution is 5.87. The van der Waals surface area contributed by atoms with Gasteiger partial charge >= 0.3 is 0 Å². The van der Waals surface area contributed by atoms with E-state index < -0.39 is 5.54 Å². The van der Waals surface area contributed by atoms with Crippen molar-refractivity contribution in [1.82, 2.24) is 10.2 Å². The minimum absolute atomic E-state index is 0.0694. The van der Waals surface area contributed by atoms with Gasteiger partial charge in [0.1, 0.15) is 5.76 Å². The summed E-state index contributed by atoms with van der Waals surface area (Å²) in [7, 11) is 1.63. The van der Waals surface area contributed by atoms with Crippen molar-refractivity contribution in [3.05, 3.63) is 24.1 Å². The van der Waals surface area contributed by atoms with Crippen molar-refractivity contribution in [2.24, 2.45) is 5.41 Å². The fraction of sp³-hybridized carbons (Fsp3) is 0.706. The molecule has 5 heteroatoms. The number of nitrogens with one attached hydrogen (secondary N) is 1. The molecule has 0 aromatic rings. The summed E-state index contributed by atoms with van der Waals surface area (Å²) in [5.74, 6) is 0.710. The number of carbonyl (C=O) groups excluding carboxylic acids is 1. The van der Waals surface area contributed by atoms with E-state index in [1.165, 1.54) is 0 Å². The topological polar surface area (TPSA) is 50.8 Å². The zero-order chi connectivity index (χ0) is 17.0. The first-order chi connectivity index (χ1) is 10.1. The molecule has 1 heterocycles. The summed E-state index contributed by atoms with van der Waals surface area (Å²) >= 11 is 0. The van der Waals surface area contributed by atoms with Crippen LogP contribution in [0.5, 0.6) is 0 Å². The van der Waals surface area contributed by atoms with Crippen LogP contribution in [0.1, 0.15) is 34.6 Å². The molecule has 5 nitrogen and oxygen atoms in total. The molecule has 0 radical (unpaired) electrons. The Hall–Kier alpha value is -1.33. The van der Waals surface area contributed by atoms with Crippen molar-refractivity contribution >= 4 is 5.91 Å². The van der Waals surface area contributed by atoms with Gasteiger partial charge < -0.3 is 14.8 Å². The molecule has 1 amide bonds. The summed E-state index contributed by atoms with van der Waals surface area (Å²) in [5.41, 5.74) is -0.199. The van der Waals surface area contributed by atoms with Gasteiger partial charge in [-0.1, -0.05) is 27.4 Å². The molecule has 0 atom stereocenters. The van der Waals surface area contributed by atoms with Gasteiger partial charge in [0.25, 0.3) is 0 Å². The average molecular weight is 310 g/mol. The smallest absolute Gasteiger partial charge is 0.244 e. The van der Waals surface area contributed by atoms with Crippen molar-refractivity contribution in [2.75, 3.05) is 33.4 Å². The number of morpholine rings is 1. The zero-order valence-corrected chi connectivity index (χ0v) is 14.8. The van der Waals surface area contributed by atoms with Crippen molar-refractivity contribution < 1.29 is 14.3 Å². The lowest BCUT2D eigenvalue weighted by molar-refractivity contribution is -0.133. The van der Waals surface area contributed by atoms with E-state index in [1.54, 1.807) is 13.2 Å². The summed E-state index contributed by atoms with van der Waals surface area (Å²) < 4.78 is 10.7. The summed E-state index contributed by atoms with van der Waals surface area (Å²) in [6.07, 6.45) is 1.79. The molecule has 1 aliphatic rings. The quantitative estimate of drug-likeness (QED) is 0.625. The largest absolute Gasteiger partial charge is 0.500 e. The zero-order valence-electron chi connectivity index (χ0n) is 14.8. The van der Waals surface area contributed by atoms with E-state index in [0.717, 1.165) is 18.8 Å². The Bertz CT molecular complexity index is 441. The van der Waals surface area contributed by atoms with Gasteiger partial charge in [-0.3, -0.25) is 9.69 Å². The van der Waals surface area contributed by atoms with Gasteiger partial charge in [0.2, 0.25) is 5.91 Å². The number of methoxy groups -OCH3 is 1. The van der Waals surface area contributed by atoms with Gasteiger partial charge in [-0.25, -0.2) is 0 Å². The van der Waals surface area contributed by atoms with Crippen molar-refractivity contribution in [3.8, 4) is 0 Å². The highest BCUT2D eigenvalue weighted by Gasteiger charge is 2.35. The SMILES string of the molecule is C=C(/C=C(\OC)C(C)(C)C)NC(=O)C(C)(C)N1CCOCC1. The molecule has 0 aromatic heterocycles. The number of allylic oxidation sites excluding steroid dienone is 2. The molecule has 1 aliphatic heterocycles. The summed E-state index contributed by atoms with van der Waals surface area (Å²) in [5, 5.41) is 2.88. The molecule has 0 saturated carbocycles. The van der Waals surface area contributed by atoms with E-state index in [-0.39, 0.29) is 11.3 Å². The molecule has 22 heavy (non-hydrogen) atoms. The van der Waals surface area contributed by atoms with E-state index in [4.69, 9.17) is 9.47 Å². The molecule has 0 bridgehead atoms. The fourth-order valence-corrected chi connectivity index (χ4v) is 2.34. The number of rotatable bonds is 5. The Balaban J connectivity index is 2.74. The van der Waals surface area contributed by atoms with E-state index in [2.05, 4.69) is 37.6 Å². The molecular formula is C17H30N2O3. The number of ether oxygens (including phenoxy) is 2. The standard InChI is InChI=1S/C17H30N2O3/c1-13(12-14(21-7)16(2,3)4)18-15(20)17(5,6)19-8-10-22-11-9-19/h12H,1,8-11H2,2-7H3,(H,18,20)/b14-12-. The number of hydrogen-bond donors (Lipinski definition) is 1. The molecule has 0 spiro atoms. The normalized spacial score (nSPS) is 18.0. The van der Waals surface area contributed by atoms with Crippen LogP contribution in [0, 0.1) is 5.41 Å². The Labute approximate surface area is 134 Å². The lowest BCUT2D eigenvalue weighted by Gasteiger charge is -2.39. The predicted molar refractivity (Wildman–Crippen MR) is 88.3 cm³/mol. The molecule has 0 aliphatic carbocycles. The van der Waals surface area contributed by atoms with Crippen LogP contribution < -0.4 is 5.32 Å². The van der Waals surface area contributed by atoms with Crippen molar-refractivity contribution in [1.29, 1.82) is 0 Å². The summed E-state index contributed by atoms with van der Waals surface area (Å²) in [4.78, 5) is 14.7. The highest BCUT2D eigenvalue weighted by atomic mass is 16.5. The Morgan fingerprint density at radius 2 is 1.77 bits per heavy atom. The lowest BCUT2D eigenvalue weighted by Crippen LogP contribution is -2.57. The third-order valence-electron chi connectivity index (χ3n) is 3.90. The predicted octanol–water partition coefficient (Wildman–Crippen LogP) is 2.30. The van der Waals surface area contributed by atoms with Crippen LogP contribution in [0.25, 0.3) is 0 Å². The van der Waals surface area contributed by atoms with Gasteiger partial charge in [-0.05, 0) is 19.9 Å². The maximum Gasteiger partial charge on any atom is 0.244 e. The monoisotopic (exact) mass is 310 g/mol. The third kappa shape index (κ3) is 4.85. The fourth-order valence-electron chi connectivity index (χ4n) is 2.34. The Morgan fingerprint density at radius 3 is 2.23 bits per heavy atom. The molecule has 1 saturated heterocycles. The first-order valence-electron chi connectivity index (χ1n) is 7.68. The van der Waals surface area contributed by atoms with E-state index >= 15 is 0 Å². The van der Waals surface area contributed by atoms with E-state index in [0.29, 0.717) is 18.9 Å². The van der Waals surface area contributed by atoms with Crippen molar-refractivity contribution in [2.45, 2.75) is 40.2 Å². The molecule has 0 aromatic carbocycles. The van der Waals surface area contributed by atoms with Gasteiger partial charge in [0.05, 0.1) is 25.9 Å². The number of amides is 1.